The van der Waals surface area contributed by atoms with Gasteiger partial charge < -0.3 is 0 Å². The van der Waals surface area contributed by atoms with E-state index in [0.717, 1.165) is 0 Å². The van der Waals surface area contributed by atoms with E-state index in [2.05, 4.69) is 98.5 Å². The number of hydrogen-bond acceptors (Lipinski definition) is 0. The molecule has 2 aliphatic rings. The molecule has 0 bridgehead atoms. The Morgan fingerprint density at radius 1 is 0.667 bits per heavy atom. The molecule has 4 rings (SSSR count). The van der Waals surface area contributed by atoms with Crippen molar-refractivity contribution in [3.63, 3.8) is 0 Å². The summed E-state index contributed by atoms with van der Waals surface area (Å²) in [5.74, 6) is 0. The number of allylic oxidation sites excluding steroid dienone is 2. The van der Waals surface area contributed by atoms with Crippen LogP contribution in [0.3, 0.4) is 0 Å². The van der Waals surface area contributed by atoms with E-state index in [4.69, 9.17) is 0 Å². The Bertz CT molecular complexity index is 970. The molecule has 0 radical (unpaired) electrons. The molecule has 0 saturated heterocycles. The monoisotopic (exact) mass is 500 g/mol. The first-order valence-electron chi connectivity index (χ1n) is 9.07. The summed E-state index contributed by atoms with van der Waals surface area (Å²) in [4.78, 5) is 0. The van der Waals surface area contributed by atoms with Gasteiger partial charge in [-0.15, -0.1) is 0 Å². The number of fused-ring (bicyclic) bond motifs is 2. The molecule has 0 fully saturated rings. The van der Waals surface area contributed by atoms with Gasteiger partial charge >= 0.3 is 142 Å². The molecule has 0 aliphatic heterocycles. The second kappa shape index (κ2) is 3.88. The summed E-state index contributed by atoms with van der Waals surface area (Å²) >= 11 is -4.31. The van der Waals surface area contributed by atoms with Gasteiger partial charge in [-0.1, -0.05) is 0 Å². The third kappa shape index (κ3) is 2.12. The van der Waals surface area contributed by atoms with E-state index in [1.54, 1.807) is 0 Å². The molecule has 2 unspecified atom stereocenters. The molecule has 2 heteroatoms. The molecule has 2 aromatic rings. The zero-order chi connectivity index (χ0) is 17.3. The first kappa shape index (κ1) is 16.5. The van der Waals surface area contributed by atoms with E-state index in [1.807, 2.05) is 0 Å². The topological polar surface area (TPSA) is 0 Å². The van der Waals surface area contributed by atoms with Gasteiger partial charge in [-0.25, -0.2) is 0 Å². The van der Waals surface area contributed by atoms with E-state index in [9.17, 15) is 0 Å². The average Bonchev–Trinajstić information content (AvgIpc) is 3.11. The minimum absolute atomic E-state index is 0.532. The summed E-state index contributed by atoms with van der Waals surface area (Å²) in [6, 6.07) is 18.0. The van der Waals surface area contributed by atoms with Gasteiger partial charge in [-0.05, 0) is 0 Å². The van der Waals surface area contributed by atoms with Gasteiger partial charge in [-0.2, -0.15) is 0 Å². The van der Waals surface area contributed by atoms with E-state index in [-0.39, 0.29) is 0 Å². The third-order valence-corrected chi connectivity index (χ3v) is 41.3. The van der Waals surface area contributed by atoms with Crippen molar-refractivity contribution in [2.45, 2.75) is 26.1 Å². The van der Waals surface area contributed by atoms with Gasteiger partial charge in [0.1, 0.15) is 0 Å². The van der Waals surface area contributed by atoms with Gasteiger partial charge in [-0.3, -0.25) is 0 Å². The van der Waals surface area contributed by atoms with Gasteiger partial charge in [0, 0.05) is 0 Å². The Balaban J connectivity index is 2.03. The summed E-state index contributed by atoms with van der Waals surface area (Å²) in [7, 11) is 0. The molecule has 2 aromatic carbocycles. The summed E-state index contributed by atoms with van der Waals surface area (Å²) in [6.07, 6.45) is 9.73. The van der Waals surface area contributed by atoms with Crippen LogP contribution >= 0.6 is 0 Å². The summed E-state index contributed by atoms with van der Waals surface area (Å²) in [6.45, 7) is 2.38. The average molecular weight is 499 g/mol. The zero-order valence-corrected chi connectivity index (χ0v) is 20.3. The van der Waals surface area contributed by atoms with Gasteiger partial charge in [0.25, 0.3) is 0 Å². The predicted molar refractivity (Wildman–Crippen MR) is 108 cm³/mol. The van der Waals surface area contributed by atoms with Crippen molar-refractivity contribution in [1.29, 1.82) is 0 Å². The van der Waals surface area contributed by atoms with Crippen LogP contribution in [0, 0.1) is 0 Å². The van der Waals surface area contributed by atoms with E-state index >= 15 is 0 Å². The summed E-state index contributed by atoms with van der Waals surface area (Å²) in [5.41, 5.74) is 5.89. The van der Waals surface area contributed by atoms with Crippen LogP contribution in [0.15, 0.2) is 60.7 Å². The van der Waals surface area contributed by atoms with Gasteiger partial charge in [0.05, 0.1) is 0 Å². The first-order valence-corrected chi connectivity index (χ1v) is 35.9. The Morgan fingerprint density at radius 3 is 1.46 bits per heavy atom. The predicted octanol–water partition coefficient (Wildman–Crippen LogP) is 6.02. The fraction of sp³-hybridized carbons (Fsp3) is 0.273. The molecule has 2 atom stereocenters. The zero-order valence-electron chi connectivity index (χ0n) is 15.3. The molecule has 0 heterocycles. The Labute approximate surface area is 141 Å². The molecule has 0 aromatic heterocycles. The summed E-state index contributed by atoms with van der Waals surface area (Å²) < 4.78 is 11.8. The molecular formula is C22H28HfSi. The number of benzene rings is 2. The molecule has 124 valence electrons. The molecule has 0 nitrogen and oxygen atoms in total. The fourth-order valence-electron chi connectivity index (χ4n) is 5.35. The Hall–Kier alpha value is -0.993. The van der Waals surface area contributed by atoms with E-state index in [1.165, 1.54) is 22.3 Å². The number of rotatable bonds is 2. The van der Waals surface area contributed by atoms with Crippen molar-refractivity contribution < 1.29 is 14.2 Å². The Kier molecular flexibility index (Phi) is 2.67. The van der Waals surface area contributed by atoms with Crippen molar-refractivity contribution in [2.24, 2.45) is 0 Å². The second-order valence-corrected chi connectivity index (χ2v) is 99.0. The van der Waals surface area contributed by atoms with E-state index in [0.29, 0.717) is 7.35 Å². The number of hydrogen-bond donors (Lipinski definition) is 0. The maximum absolute atomic E-state index is 4.31. The third-order valence-electron chi connectivity index (χ3n) is 6.89. The maximum atomic E-state index is 2.68. The first-order chi connectivity index (χ1) is 10.9. The standard InChI is InChI=1S/2C9H7.4CH3.Hf.H2Si/c2*1-2-5-9-7-3-6-8(9)4-1;;;;;;/h2*1-7H;4*1H3;;1H2. The molecule has 24 heavy (non-hydrogen) atoms. The van der Waals surface area contributed by atoms with Crippen molar-refractivity contribution in [3.05, 3.63) is 82.9 Å². The fourth-order valence-corrected chi connectivity index (χ4v) is 34.3. The van der Waals surface area contributed by atoms with Crippen LogP contribution < -0.4 is 0 Å². The minimum atomic E-state index is -4.31. The van der Waals surface area contributed by atoms with Crippen molar-refractivity contribution in [2.75, 3.05) is 0 Å². The molecule has 2 aliphatic carbocycles. The second-order valence-electron chi connectivity index (χ2n) is 12.2. The van der Waals surface area contributed by atoms with Crippen molar-refractivity contribution >= 4 is 19.1 Å². The van der Waals surface area contributed by atoms with Crippen LogP contribution in [0.4, 0.5) is 0 Å². The molecule has 0 spiro atoms. The van der Waals surface area contributed by atoms with Crippen LogP contribution in [-0.2, 0) is 14.2 Å². The quantitative estimate of drug-likeness (QED) is 0.444. The van der Waals surface area contributed by atoms with Crippen LogP contribution in [0.1, 0.15) is 29.6 Å². The van der Waals surface area contributed by atoms with Gasteiger partial charge in [0.2, 0.25) is 0 Å². The van der Waals surface area contributed by atoms with Crippen molar-refractivity contribution in [3.8, 4) is 0 Å². The van der Waals surface area contributed by atoms with Crippen LogP contribution in [0.2, 0.25) is 18.7 Å². The van der Waals surface area contributed by atoms with E-state index < -0.39 is 14.2 Å². The van der Waals surface area contributed by atoms with Crippen LogP contribution in [0.25, 0.3) is 12.2 Å². The van der Waals surface area contributed by atoms with Gasteiger partial charge in [0.15, 0.2) is 0 Å². The molecule has 0 N–H and O–H groups in total. The molecule has 0 saturated carbocycles. The van der Waals surface area contributed by atoms with Crippen LogP contribution in [-0.4, -0.2) is 6.94 Å². The normalized spacial score (nSPS) is 26.1. The summed E-state index contributed by atoms with van der Waals surface area (Å²) in [5, 5.41) is 0. The van der Waals surface area contributed by atoms with Crippen molar-refractivity contribution in [1.82, 2.24) is 0 Å². The molecule has 0 amide bonds. The van der Waals surface area contributed by atoms with Crippen LogP contribution in [0.5, 0.6) is 0 Å². The Morgan fingerprint density at radius 2 is 1.04 bits per heavy atom. The SMILES string of the molecule is [CH3][Hf]([CH3])([CH3])([CH3])(=[SiH2])([CH]1C=Cc2ccccc21)[CH]1C=Cc2ccccc21. The molecular weight excluding hydrogens is 471 g/mol.